The van der Waals surface area contributed by atoms with Gasteiger partial charge in [0.1, 0.15) is 0 Å². The maximum atomic E-state index is 10.3. The molecule has 4 atom stereocenters. The van der Waals surface area contributed by atoms with E-state index in [0.29, 0.717) is 6.42 Å². The summed E-state index contributed by atoms with van der Waals surface area (Å²) in [5.41, 5.74) is 0. The van der Waals surface area contributed by atoms with E-state index in [-0.39, 0.29) is 13.3 Å². The summed E-state index contributed by atoms with van der Waals surface area (Å²) in [6.45, 7) is 1.64. The molecule has 0 aliphatic rings. The second-order valence-corrected chi connectivity index (χ2v) is 25.5. The number of halogens is 3. The molecule has 9 heteroatoms. The minimum Gasteiger partial charge on any atom is -0.481 e. The summed E-state index contributed by atoms with van der Waals surface area (Å²) in [4.78, 5) is 10.3. The maximum absolute atomic E-state index is 10.3. The first kappa shape index (κ1) is 16.6. The highest BCUT2D eigenvalue weighted by Gasteiger charge is 2.15. The second-order valence-electron chi connectivity index (χ2n) is 2.40. The van der Waals surface area contributed by atoms with Gasteiger partial charge in [-0.1, -0.05) is 31.0 Å². The molecule has 84 valence electrons. The SMILES string of the molecule is O=C(O)CCCCP(PBr)P(Br)PBr. The highest BCUT2D eigenvalue weighted by Crippen LogP contribution is 2.93. The summed E-state index contributed by atoms with van der Waals surface area (Å²) >= 11 is 10.8. The van der Waals surface area contributed by atoms with Crippen molar-refractivity contribution in [2.75, 3.05) is 6.16 Å². The molecule has 0 amide bonds. The topological polar surface area (TPSA) is 37.3 Å². The maximum Gasteiger partial charge on any atom is 0.303 e. The fraction of sp³-hybridized carbons (Fsp3) is 0.800. The molecule has 0 saturated carbocycles. The Balaban J connectivity index is 3.57. The van der Waals surface area contributed by atoms with E-state index in [1.165, 1.54) is 6.16 Å². The lowest BCUT2D eigenvalue weighted by molar-refractivity contribution is -0.137. The van der Waals surface area contributed by atoms with Gasteiger partial charge < -0.3 is 5.11 Å². The molecule has 0 aliphatic carbocycles. The third kappa shape index (κ3) is 8.74. The van der Waals surface area contributed by atoms with Gasteiger partial charge in [-0.05, 0) is 55.7 Å². The number of carboxylic acids is 1. The lowest BCUT2D eigenvalue weighted by Crippen LogP contribution is -1.93. The first-order valence-electron chi connectivity index (χ1n) is 3.79. The zero-order chi connectivity index (χ0) is 11.0. The quantitative estimate of drug-likeness (QED) is 0.340. The Morgan fingerprint density at radius 2 is 1.93 bits per heavy atom. The average Bonchev–Trinajstić information content (AvgIpc) is 2.16. The van der Waals surface area contributed by atoms with Gasteiger partial charge >= 0.3 is 5.97 Å². The first-order chi connectivity index (χ1) is 6.61. The number of unbranched alkanes of at least 4 members (excludes halogenated alkanes) is 1. The molecule has 0 aromatic rings. The summed E-state index contributed by atoms with van der Waals surface area (Å²) in [7, 11) is 0.0478. The van der Waals surface area contributed by atoms with E-state index in [1.807, 2.05) is 0 Å². The monoisotopic (exact) mass is 464 g/mol. The predicted molar refractivity (Wildman–Crippen MR) is 83.6 cm³/mol. The van der Waals surface area contributed by atoms with Crippen LogP contribution in [0.4, 0.5) is 0 Å². The lowest BCUT2D eigenvalue weighted by Gasteiger charge is -2.18. The Hall–Kier alpha value is 2.63. The van der Waals surface area contributed by atoms with Crippen LogP contribution in [0.3, 0.4) is 0 Å². The third-order valence-corrected chi connectivity index (χ3v) is 37.9. The molecular formula is C5H11Br3O2P4. The summed E-state index contributed by atoms with van der Waals surface area (Å²) in [6, 6.07) is -0.0340. The summed E-state index contributed by atoms with van der Waals surface area (Å²) in [5.74, 6) is -0.681. The number of aliphatic carboxylic acids is 1. The van der Waals surface area contributed by atoms with Crippen LogP contribution in [-0.2, 0) is 4.79 Å². The third-order valence-electron chi connectivity index (χ3n) is 1.39. The van der Waals surface area contributed by atoms with E-state index in [9.17, 15) is 4.79 Å². The molecule has 4 unspecified atom stereocenters. The Kier molecular flexibility index (Phi) is 12.8. The van der Waals surface area contributed by atoms with Gasteiger partial charge in [0.15, 0.2) is 0 Å². The van der Waals surface area contributed by atoms with Crippen LogP contribution in [0, 0.1) is 0 Å². The molecule has 0 saturated heterocycles. The highest BCUT2D eigenvalue weighted by atomic mass is 79.9. The standard InChI is InChI=1S/C5H11Br3O2P4/c6-11-13(14(8)12-7)4-2-1-3-5(9)10/h11-12H,1-4H2,(H,9,10). The van der Waals surface area contributed by atoms with Crippen molar-refractivity contribution in [3.8, 4) is 0 Å². The van der Waals surface area contributed by atoms with E-state index in [4.69, 9.17) is 5.11 Å². The average molecular weight is 467 g/mol. The van der Waals surface area contributed by atoms with Crippen molar-refractivity contribution >= 4 is 79.7 Å². The molecule has 0 aliphatic heterocycles. The number of hydrogen-bond donors (Lipinski definition) is 1. The minimum absolute atomic E-state index is 0.0340. The van der Waals surface area contributed by atoms with Gasteiger partial charge in [-0.25, -0.2) is 0 Å². The van der Waals surface area contributed by atoms with E-state index < -0.39 is 5.97 Å². The molecule has 0 spiro atoms. The number of carboxylic acid groups (broad SMARTS) is 1. The van der Waals surface area contributed by atoms with Crippen LogP contribution in [-0.4, -0.2) is 17.2 Å². The molecule has 0 bridgehead atoms. The minimum atomic E-state index is -0.681. The highest BCUT2D eigenvalue weighted by molar-refractivity contribution is 9.64. The lowest BCUT2D eigenvalue weighted by atomic mass is 10.3. The molecular weight excluding hydrogens is 456 g/mol. The van der Waals surface area contributed by atoms with Crippen molar-refractivity contribution < 1.29 is 9.90 Å². The second kappa shape index (κ2) is 10.8. The van der Waals surface area contributed by atoms with E-state index in [1.54, 1.807) is 0 Å². The van der Waals surface area contributed by atoms with Crippen LogP contribution in [0.2, 0.25) is 0 Å². The molecule has 2 nitrogen and oxygen atoms in total. The molecule has 0 heterocycles. The summed E-state index contributed by atoms with van der Waals surface area (Å²) in [5, 5.41) is 8.48. The van der Waals surface area contributed by atoms with Gasteiger partial charge in [0.05, 0.1) is 0 Å². The Morgan fingerprint density at radius 1 is 1.29 bits per heavy atom. The van der Waals surface area contributed by atoms with Crippen LogP contribution in [0.25, 0.3) is 0 Å². The van der Waals surface area contributed by atoms with Gasteiger partial charge in [-0.2, -0.15) is 0 Å². The smallest absolute Gasteiger partial charge is 0.303 e. The number of rotatable bonds is 8. The molecule has 0 aromatic carbocycles. The Bertz CT molecular complexity index is 173. The van der Waals surface area contributed by atoms with Gasteiger partial charge in [0.25, 0.3) is 0 Å². The van der Waals surface area contributed by atoms with Gasteiger partial charge in [0, 0.05) is 12.4 Å². The van der Waals surface area contributed by atoms with Gasteiger partial charge in [0.2, 0.25) is 0 Å². The molecule has 0 radical (unpaired) electrons. The van der Waals surface area contributed by atoms with Gasteiger partial charge in [-0.3, -0.25) is 4.79 Å². The van der Waals surface area contributed by atoms with Crippen molar-refractivity contribution in [1.29, 1.82) is 0 Å². The van der Waals surface area contributed by atoms with E-state index in [2.05, 4.69) is 46.5 Å². The summed E-state index contributed by atoms with van der Waals surface area (Å²) in [6.07, 6.45) is 3.35. The molecule has 1 N–H and O–H groups in total. The Labute approximate surface area is 114 Å². The molecule has 0 fully saturated rings. The fourth-order valence-electron chi connectivity index (χ4n) is 0.747. The van der Waals surface area contributed by atoms with Crippen molar-refractivity contribution in [2.45, 2.75) is 19.3 Å². The van der Waals surface area contributed by atoms with Crippen LogP contribution >= 0.6 is 73.7 Å². The van der Waals surface area contributed by atoms with Crippen LogP contribution < -0.4 is 0 Å². The largest absolute Gasteiger partial charge is 0.481 e. The predicted octanol–water partition coefficient (Wildman–Crippen LogP) is 6.24. The Morgan fingerprint density at radius 3 is 2.36 bits per heavy atom. The van der Waals surface area contributed by atoms with Crippen molar-refractivity contribution in [3.63, 3.8) is 0 Å². The molecule has 0 rings (SSSR count). The van der Waals surface area contributed by atoms with Crippen molar-refractivity contribution in [2.24, 2.45) is 0 Å². The first-order valence-corrected chi connectivity index (χ1v) is 17.6. The zero-order valence-corrected chi connectivity index (χ0v) is 15.8. The number of carbonyl (C=O) groups is 1. The van der Waals surface area contributed by atoms with Crippen molar-refractivity contribution in [3.05, 3.63) is 0 Å². The fourth-order valence-corrected chi connectivity index (χ4v) is 37.1. The van der Waals surface area contributed by atoms with Gasteiger partial charge in [-0.15, -0.1) is 0 Å². The molecule has 14 heavy (non-hydrogen) atoms. The van der Waals surface area contributed by atoms with E-state index >= 15 is 0 Å². The van der Waals surface area contributed by atoms with E-state index in [0.717, 1.165) is 26.8 Å². The van der Waals surface area contributed by atoms with Crippen molar-refractivity contribution in [1.82, 2.24) is 0 Å². The molecule has 0 aromatic heterocycles. The normalized spacial score (nSPS) is 16.8. The zero-order valence-electron chi connectivity index (χ0n) is 7.21. The van der Waals surface area contributed by atoms with Crippen LogP contribution in [0.5, 0.6) is 0 Å². The van der Waals surface area contributed by atoms with Crippen LogP contribution in [0.1, 0.15) is 19.3 Å². The number of hydrogen-bond acceptors (Lipinski definition) is 1. The summed E-state index contributed by atoms with van der Waals surface area (Å²) < 4.78 is 0. The van der Waals surface area contributed by atoms with Crippen LogP contribution in [0.15, 0.2) is 0 Å².